The van der Waals surface area contributed by atoms with Crippen molar-refractivity contribution in [1.82, 2.24) is 14.9 Å². The number of rotatable bonds is 6. The Bertz CT molecular complexity index is 1070. The SMILES string of the molecule is COc1ccc2nc(CC3CN(C(=O)Nc4ccccc4)CCC3CC(=O)O)[nH]c2c1. The minimum Gasteiger partial charge on any atom is -0.497 e. The predicted molar refractivity (Wildman–Crippen MR) is 117 cm³/mol. The van der Waals surface area contributed by atoms with Gasteiger partial charge in [-0.1, -0.05) is 18.2 Å². The first-order chi connectivity index (χ1) is 15.0. The molecule has 2 atom stereocenters. The largest absolute Gasteiger partial charge is 0.497 e. The number of likely N-dealkylation sites (tertiary alicyclic amines) is 1. The Balaban J connectivity index is 1.50. The highest BCUT2D eigenvalue weighted by Gasteiger charge is 2.33. The highest BCUT2D eigenvalue weighted by atomic mass is 16.5. The van der Waals surface area contributed by atoms with Crippen LogP contribution in [0.2, 0.25) is 0 Å². The van der Waals surface area contributed by atoms with Gasteiger partial charge < -0.3 is 25.0 Å². The molecule has 162 valence electrons. The maximum Gasteiger partial charge on any atom is 0.321 e. The molecule has 1 aliphatic heterocycles. The van der Waals surface area contributed by atoms with Gasteiger partial charge in [0, 0.05) is 37.7 Å². The molecular weight excluding hydrogens is 396 g/mol. The Labute approximate surface area is 180 Å². The average Bonchev–Trinajstić information content (AvgIpc) is 3.16. The number of piperidine rings is 1. The van der Waals surface area contributed by atoms with E-state index < -0.39 is 5.97 Å². The number of H-pyrrole nitrogens is 1. The van der Waals surface area contributed by atoms with Crippen LogP contribution in [-0.4, -0.2) is 52.2 Å². The summed E-state index contributed by atoms with van der Waals surface area (Å²) in [6, 6.07) is 14.8. The summed E-state index contributed by atoms with van der Waals surface area (Å²) in [5.41, 5.74) is 2.45. The third-order valence-electron chi connectivity index (χ3n) is 5.83. The first kappa shape index (κ1) is 20.7. The second-order valence-corrected chi connectivity index (χ2v) is 7.92. The Kier molecular flexibility index (Phi) is 6.06. The standard InChI is InChI=1S/C23H26N4O4/c1-31-18-7-8-19-20(13-18)26-21(25-19)11-16-14-27(10-9-15(16)12-22(28)29)23(30)24-17-5-3-2-4-6-17/h2-8,13,15-16H,9-12,14H2,1H3,(H,24,30)(H,25,26)(H,28,29). The van der Waals surface area contributed by atoms with Crippen LogP contribution in [0.4, 0.5) is 10.5 Å². The molecule has 0 radical (unpaired) electrons. The molecular formula is C23H26N4O4. The zero-order valence-corrected chi connectivity index (χ0v) is 17.4. The Morgan fingerprint density at radius 1 is 1.23 bits per heavy atom. The number of aliphatic carboxylic acids is 1. The number of hydrogen-bond acceptors (Lipinski definition) is 4. The molecule has 1 aliphatic rings. The number of carbonyl (C=O) groups excluding carboxylic acids is 1. The number of para-hydroxylation sites is 1. The lowest BCUT2D eigenvalue weighted by Crippen LogP contribution is -2.46. The number of imidazole rings is 1. The molecule has 1 aromatic heterocycles. The number of carboxylic acid groups (broad SMARTS) is 1. The fraction of sp³-hybridized carbons (Fsp3) is 0.348. The van der Waals surface area contributed by atoms with E-state index in [-0.39, 0.29) is 24.3 Å². The number of ether oxygens (including phenoxy) is 1. The number of anilines is 1. The lowest BCUT2D eigenvalue weighted by molar-refractivity contribution is -0.139. The van der Waals surface area contributed by atoms with Gasteiger partial charge in [0.25, 0.3) is 0 Å². The van der Waals surface area contributed by atoms with Gasteiger partial charge in [-0.05, 0) is 42.5 Å². The Hall–Kier alpha value is -3.55. The van der Waals surface area contributed by atoms with Crippen molar-refractivity contribution in [3.05, 3.63) is 54.4 Å². The summed E-state index contributed by atoms with van der Waals surface area (Å²) in [5.74, 6) is 0.697. The summed E-state index contributed by atoms with van der Waals surface area (Å²) in [4.78, 5) is 33.9. The highest BCUT2D eigenvalue weighted by Crippen LogP contribution is 2.30. The summed E-state index contributed by atoms with van der Waals surface area (Å²) in [7, 11) is 1.62. The van der Waals surface area contributed by atoms with Crippen molar-refractivity contribution in [3.8, 4) is 5.75 Å². The topological polar surface area (TPSA) is 108 Å². The van der Waals surface area contributed by atoms with Crippen molar-refractivity contribution in [2.24, 2.45) is 11.8 Å². The van der Waals surface area contributed by atoms with Crippen molar-refractivity contribution in [1.29, 1.82) is 0 Å². The predicted octanol–water partition coefficient (Wildman–Crippen LogP) is 3.76. The number of aromatic amines is 1. The number of methoxy groups -OCH3 is 1. The number of carboxylic acids is 1. The zero-order chi connectivity index (χ0) is 21.8. The highest BCUT2D eigenvalue weighted by molar-refractivity contribution is 5.89. The smallest absolute Gasteiger partial charge is 0.321 e. The summed E-state index contributed by atoms with van der Waals surface area (Å²) >= 11 is 0. The van der Waals surface area contributed by atoms with Crippen LogP contribution >= 0.6 is 0 Å². The van der Waals surface area contributed by atoms with Crippen LogP contribution in [0.1, 0.15) is 18.7 Å². The van der Waals surface area contributed by atoms with E-state index in [4.69, 9.17) is 4.74 Å². The van der Waals surface area contributed by atoms with Gasteiger partial charge in [-0.25, -0.2) is 9.78 Å². The summed E-state index contributed by atoms with van der Waals surface area (Å²) < 4.78 is 5.27. The Morgan fingerprint density at radius 2 is 2.03 bits per heavy atom. The van der Waals surface area contributed by atoms with Crippen molar-refractivity contribution >= 4 is 28.7 Å². The van der Waals surface area contributed by atoms with Gasteiger partial charge in [-0.3, -0.25) is 4.79 Å². The molecule has 31 heavy (non-hydrogen) atoms. The molecule has 0 spiro atoms. The number of amides is 2. The first-order valence-electron chi connectivity index (χ1n) is 10.4. The number of carbonyl (C=O) groups is 2. The minimum atomic E-state index is -0.813. The molecule has 1 saturated heterocycles. The van der Waals surface area contributed by atoms with E-state index in [1.54, 1.807) is 12.0 Å². The van der Waals surface area contributed by atoms with Crippen molar-refractivity contribution < 1.29 is 19.4 Å². The van der Waals surface area contributed by atoms with Crippen LogP contribution < -0.4 is 10.1 Å². The first-order valence-corrected chi connectivity index (χ1v) is 10.4. The molecule has 8 heteroatoms. The van der Waals surface area contributed by atoms with E-state index in [1.807, 2.05) is 48.5 Å². The number of urea groups is 1. The molecule has 8 nitrogen and oxygen atoms in total. The molecule has 2 aromatic carbocycles. The van der Waals surface area contributed by atoms with E-state index in [1.165, 1.54) is 0 Å². The Morgan fingerprint density at radius 3 is 2.77 bits per heavy atom. The number of nitrogens with one attached hydrogen (secondary N) is 2. The molecule has 1 fully saturated rings. The fourth-order valence-corrected chi connectivity index (χ4v) is 4.23. The second kappa shape index (κ2) is 9.07. The van der Waals surface area contributed by atoms with E-state index in [0.29, 0.717) is 25.9 Å². The van der Waals surface area contributed by atoms with Crippen LogP contribution in [-0.2, 0) is 11.2 Å². The van der Waals surface area contributed by atoms with E-state index in [0.717, 1.165) is 28.3 Å². The second-order valence-electron chi connectivity index (χ2n) is 7.92. The van der Waals surface area contributed by atoms with Crippen LogP contribution in [0.5, 0.6) is 5.75 Å². The van der Waals surface area contributed by atoms with Crippen molar-refractivity contribution in [2.75, 3.05) is 25.5 Å². The van der Waals surface area contributed by atoms with Gasteiger partial charge in [0.2, 0.25) is 0 Å². The molecule has 2 heterocycles. The van der Waals surface area contributed by atoms with Gasteiger partial charge in [0.05, 0.1) is 18.1 Å². The summed E-state index contributed by atoms with van der Waals surface area (Å²) in [6.07, 6.45) is 1.31. The number of nitrogens with zero attached hydrogens (tertiary/aromatic N) is 2. The van der Waals surface area contributed by atoms with Gasteiger partial charge in [0.1, 0.15) is 11.6 Å². The van der Waals surface area contributed by atoms with Crippen molar-refractivity contribution in [3.63, 3.8) is 0 Å². The quantitative estimate of drug-likeness (QED) is 0.561. The number of aromatic nitrogens is 2. The maximum atomic E-state index is 12.8. The molecule has 2 amide bonds. The van der Waals surface area contributed by atoms with Gasteiger partial charge in [0.15, 0.2) is 0 Å². The molecule has 2 unspecified atom stereocenters. The molecule has 4 rings (SSSR count). The summed E-state index contributed by atoms with van der Waals surface area (Å²) in [6.45, 7) is 1.02. The van der Waals surface area contributed by atoms with E-state index in [9.17, 15) is 14.7 Å². The minimum absolute atomic E-state index is 0.00571. The third kappa shape index (κ3) is 4.96. The lowest BCUT2D eigenvalue weighted by Gasteiger charge is -2.37. The van der Waals surface area contributed by atoms with Gasteiger partial charge in [-0.15, -0.1) is 0 Å². The number of hydrogen-bond donors (Lipinski definition) is 3. The number of benzene rings is 2. The average molecular weight is 422 g/mol. The van der Waals surface area contributed by atoms with Crippen LogP contribution in [0.3, 0.4) is 0 Å². The van der Waals surface area contributed by atoms with Crippen LogP contribution in [0.25, 0.3) is 11.0 Å². The molecule has 0 saturated carbocycles. The maximum absolute atomic E-state index is 12.8. The summed E-state index contributed by atoms with van der Waals surface area (Å²) in [5, 5.41) is 12.3. The molecule has 0 aliphatic carbocycles. The number of fused-ring (bicyclic) bond motifs is 1. The van der Waals surface area contributed by atoms with Crippen LogP contribution in [0, 0.1) is 11.8 Å². The molecule has 3 N–H and O–H groups in total. The monoisotopic (exact) mass is 422 g/mol. The van der Waals surface area contributed by atoms with E-state index in [2.05, 4.69) is 15.3 Å². The zero-order valence-electron chi connectivity index (χ0n) is 17.4. The third-order valence-corrected chi connectivity index (χ3v) is 5.83. The van der Waals surface area contributed by atoms with Gasteiger partial charge >= 0.3 is 12.0 Å². The molecule has 3 aromatic rings. The fourth-order valence-electron chi connectivity index (χ4n) is 4.23. The normalized spacial score (nSPS) is 18.7. The van der Waals surface area contributed by atoms with Crippen LogP contribution in [0.15, 0.2) is 48.5 Å². The van der Waals surface area contributed by atoms with Crippen molar-refractivity contribution in [2.45, 2.75) is 19.3 Å². The molecule has 0 bridgehead atoms. The lowest BCUT2D eigenvalue weighted by atomic mass is 9.81. The van der Waals surface area contributed by atoms with Gasteiger partial charge in [-0.2, -0.15) is 0 Å². The van der Waals surface area contributed by atoms with E-state index >= 15 is 0 Å².